The zero-order valence-corrected chi connectivity index (χ0v) is 11.6. The van der Waals surface area contributed by atoms with Gasteiger partial charge < -0.3 is 10.1 Å². The maximum atomic E-state index is 12.0. The third-order valence-electron chi connectivity index (χ3n) is 2.95. The minimum absolute atomic E-state index is 0.0370. The summed E-state index contributed by atoms with van der Waals surface area (Å²) in [5, 5.41) is 2.95. The monoisotopic (exact) mass is 297 g/mol. The molecule has 1 saturated heterocycles. The molecule has 92 valence electrons. The second-order valence-corrected chi connectivity index (χ2v) is 5.82. The molecule has 1 aliphatic rings. The molecule has 0 aliphatic carbocycles. The summed E-state index contributed by atoms with van der Waals surface area (Å²) in [5.74, 6) is -0.0370. The molecular weight excluding hydrogens is 282 g/mol. The van der Waals surface area contributed by atoms with Gasteiger partial charge in [-0.05, 0) is 40.5 Å². The highest BCUT2D eigenvalue weighted by Crippen LogP contribution is 2.25. The number of nitrogens with one attached hydrogen (secondary N) is 1. The third kappa shape index (κ3) is 2.87. The zero-order chi connectivity index (χ0) is 12.5. The van der Waals surface area contributed by atoms with Crippen molar-refractivity contribution in [2.45, 2.75) is 13.8 Å². The predicted octanol–water partition coefficient (Wildman–Crippen LogP) is 2.52. The molecule has 1 fully saturated rings. The number of benzene rings is 1. The van der Waals surface area contributed by atoms with E-state index in [0.29, 0.717) is 12.1 Å². The van der Waals surface area contributed by atoms with Crippen LogP contribution in [0.15, 0.2) is 22.7 Å². The fourth-order valence-electron chi connectivity index (χ4n) is 1.75. The van der Waals surface area contributed by atoms with Crippen molar-refractivity contribution in [2.75, 3.05) is 19.8 Å². The number of carbonyl (C=O) groups excluding carboxylic acids is 1. The summed E-state index contributed by atoms with van der Waals surface area (Å²) in [6.45, 7) is 6.22. The summed E-state index contributed by atoms with van der Waals surface area (Å²) < 4.78 is 5.99. The number of carbonyl (C=O) groups is 1. The summed E-state index contributed by atoms with van der Waals surface area (Å²) in [4.78, 5) is 12.0. The lowest BCUT2D eigenvalue weighted by molar-refractivity contribution is -0.0978. The van der Waals surface area contributed by atoms with Crippen LogP contribution in [0.25, 0.3) is 0 Å². The van der Waals surface area contributed by atoms with E-state index < -0.39 is 0 Å². The molecule has 0 radical (unpaired) electrons. The predicted molar refractivity (Wildman–Crippen MR) is 70.1 cm³/mol. The average molecular weight is 298 g/mol. The summed E-state index contributed by atoms with van der Waals surface area (Å²) in [5.41, 5.74) is 1.92. The molecule has 1 aromatic rings. The Morgan fingerprint density at radius 2 is 2.24 bits per heavy atom. The molecular formula is C13H16BrNO2. The molecule has 1 aromatic carbocycles. The lowest BCUT2D eigenvalue weighted by atomic mass is 9.88. The van der Waals surface area contributed by atoms with Gasteiger partial charge in [0.2, 0.25) is 0 Å². The molecule has 0 aromatic heterocycles. The molecule has 1 heterocycles. The summed E-state index contributed by atoms with van der Waals surface area (Å²) >= 11 is 3.41. The molecule has 0 atom stereocenters. The largest absolute Gasteiger partial charge is 0.380 e. The van der Waals surface area contributed by atoms with Crippen LogP contribution in [0.3, 0.4) is 0 Å². The van der Waals surface area contributed by atoms with Crippen molar-refractivity contribution in [1.29, 1.82) is 0 Å². The first-order valence-electron chi connectivity index (χ1n) is 5.62. The molecule has 2 rings (SSSR count). The van der Waals surface area contributed by atoms with Gasteiger partial charge in [0, 0.05) is 16.4 Å². The number of halogens is 1. The van der Waals surface area contributed by atoms with Crippen LogP contribution in [0.2, 0.25) is 0 Å². The highest BCUT2D eigenvalue weighted by Gasteiger charge is 2.33. The van der Waals surface area contributed by atoms with Crippen LogP contribution in [0.1, 0.15) is 22.8 Å². The lowest BCUT2D eigenvalue weighted by Gasteiger charge is -2.38. The maximum Gasteiger partial charge on any atom is 0.252 e. The SMILES string of the molecule is Cc1ccc(C(=O)NCC2(C)COC2)c(Br)c1. The molecule has 3 nitrogen and oxygen atoms in total. The standard InChI is InChI=1S/C13H16BrNO2/c1-9-3-4-10(11(14)5-9)12(16)15-6-13(2)7-17-8-13/h3-5H,6-8H2,1-2H3,(H,15,16). The van der Waals surface area contributed by atoms with Crippen LogP contribution in [0.4, 0.5) is 0 Å². The first-order chi connectivity index (χ1) is 8.00. The van der Waals surface area contributed by atoms with Crippen LogP contribution in [0.5, 0.6) is 0 Å². The zero-order valence-electron chi connectivity index (χ0n) is 10.0. The molecule has 0 unspecified atom stereocenters. The van der Waals surface area contributed by atoms with Gasteiger partial charge in [-0.2, -0.15) is 0 Å². The Kier molecular flexibility index (Phi) is 3.54. The van der Waals surface area contributed by atoms with Gasteiger partial charge in [-0.25, -0.2) is 0 Å². The maximum absolute atomic E-state index is 12.0. The minimum Gasteiger partial charge on any atom is -0.380 e. The number of ether oxygens (including phenoxy) is 1. The van der Waals surface area contributed by atoms with Crippen LogP contribution in [-0.4, -0.2) is 25.7 Å². The van der Waals surface area contributed by atoms with E-state index in [1.807, 2.05) is 25.1 Å². The summed E-state index contributed by atoms with van der Waals surface area (Å²) in [6, 6.07) is 5.73. The normalized spacial score (nSPS) is 17.4. The van der Waals surface area contributed by atoms with E-state index >= 15 is 0 Å². The Morgan fingerprint density at radius 3 is 2.76 bits per heavy atom. The van der Waals surface area contributed by atoms with Gasteiger partial charge in [-0.3, -0.25) is 4.79 Å². The van der Waals surface area contributed by atoms with E-state index in [1.165, 1.54) is 0 Å². The van der Waals surface area contributed by atoms with Crippen molar-refractivity contribution in [3.8, 4) is 0 Å². The van der Waals surface area contributed by atoms with Gasteiger partial charge in [-0.15, -0.1) is 0 Å². The van der Waals surface area contributed by atoms with Crippen molar-refractivity contribution in [1.82, 2.24) is 5.32 Å². The Balaban J connectivity index is 1.99. The highest BCUT2D eigenvalue weighted by atomic mass is 79.9. The number of aryl methyl sites for hydroxylation is 1. The molecule has 0 saturated carbocycles. The second-order valence-electron chi connectivity index (χ2n) is 4.97. The second kappa shape index (κ2) is 4.78. The first-order valence-corrected chi connectivity index (χ1v) is 6.42. The molecule has 17 heavy (non-hydrogen) atoms. The van der Waals surface area contributed by atoms with Crippen molar-refractivity contribution >= 4 is 21.8 Å². The molecule has 0 bridgehead atoms. The van der Waals surface area contributed by atoms with Crippen molar-refractivity contribution in [2.24, 2.45) is 5.41 Å². The summed E-state index contributed by atoms with van der Waals surface area (Å²) in [7, 11) is 0. The van der Waals surface area contributed by atoms with Gasteiger partial charge in [0.05, 0.1) is 18.8 Å². The number of hydrogen-bond donors (Lipinski definition) is 1. The molecule has 4 heteroatoms. The van der Waals surface area contributed by atoms with Gasteiger partial charge >= 0.3 is 0 Å². The molecule has 1 N–H and O–H groups in total. The van der Waals surface area contributed by atoms with Gasteiger partial charge in [0.25, 0.3) is 5.91 Å². The van der Waals surface area contributed by atoms with E-state index in [4.69, 9.17) is 4.74 Å². The van der Waals surface area contributed by atoms with E-state index in [2.05, 4.69) is 28.2 Å². The smallest absolute Gasteiger partial charge is 0.252 e. The van der Waals surface area contributed by atoms with E-state index in [9.17, 15) is 4.79 Å². The van der Waals surface area contributed by atoms with Gasteiger partial charge in [0.15, 0.2) is 0 Å². The first kappa shape index (κ1) is 12.6. The van der Waals surface area contributed by atoms with Crippen molar-refractivity contribution in [3.63, 3.8) is 0 Å². The van der Waals surface area contributed by atoms with Crippen LogP contribution >= 0.6 is 15.9 Å². The fourth-order valence-corrected chi connectivity index (χ4v) is 2.42. The third-order valence-corrected chi connectivity index (χ3v) is 3.60. The van der Waals surface area contributed by atoms with Gasteiger partial charge in [0.1, 0.15) is 0 Å². The Labute approximate surface area is 110 Å². The summed E-state index contributed by atoms with van der Waals surface area (Å²) in [6.07, 6.45) is 0. The number of hydrogen-bond acceptors (Lipinski definition) is 2. The fraction of sp³-hybridized carbons (Fsp3) is 0.462. The molecule has 1 amide bonds. The Hall–Kier alpha value is -0.870. The van der Waals surface area contributed by atoms with Crippen LogP contribution in [0, 0.1) is 12.3 Å². The van der Waals surface area contributed by atoms with Crippen LogP contribution < -0.4 is 5.32 Å². The minimum atomic E-state index is -0.0370. The topological polar surface area (TPSA) is 38.3 Å². The van der Waals surface area contributed by atoms with E-state index in [1.54, 1.807) is 0 Å². The quantitative estimate of drug-likeness (QED) is 0.931. The van der Waals surface area contributed by atoms with E-state index in [-0.39, 0.29) is 11.3 Å². The molecule has 0 spiro atoms. The molecule has 1 aliphatic heterocycles. The van der Waals surface area contributed by atoms with Gasteiger partial charge in [-0.1, -0.05) is 13.0 Å². The Bertz CT molecular complexity index is 441. The van der Waals surface area contributed by atoms with Crippen molar-refractivity contribution in [3.05, 3.63) is 33.8 Å². The average Bonchev–Trinajstić information content (AvgIpc) is 2.23. The van der Waals surface area contributed by atoms with E-state index in [0.717, 1.165) is 23.2 Å². The number of amides is 1. The number of rotatable bonds is 3. The lowest BCUT2D eigenvalue weighted by Crippen LogP contribution is -2.48. The Morgan fingerprint density at radius 1 is 1.53 bits per heavy atom. The van der Waals surface area contributed by atoms with Crippen LogP contribution in [-0.2, 0) is 4.74 Å². The van der Waals surface area contributed by atoms with Crippen molar-refractivity contribution < 1.29 is 9.53 Å². The highest BCUT2D eigenvalue weighted by molar-refractivity contribution is 9.10.